The van der Waals surface area contributed by atoms with Gasteiger partial charge in [0.25, 0.3) is 0 Å². The molecule has 2 rings (SSSR count). The van der Waals surface area contributed by atoms with Crippen LogP contribution in [0.3, 0.4) is 0 Å². The molecule has 0 unspecified atom stereocenters. The van der Waals surface area contributed by atoms with Crippen molar-refractivity contribution in [1.82, 2.24) is 5.32 Å². The predicted molar refractivity (Wildman–Crippen MR) is 98.4 cm³/mol. The van der Waals surface area contributed by atoms with E-state index in [-0.39, 0.29) is 0 Å². The third kappa shape index (κ3) is 6.51. The molecular formula is C19H25ClN2O. The van der Waals surface area contributed by atoms with Crippen LogP contribution in [0.1, 0.15) is 19.4 Å². The van der Waals surface area contributed by atoms with Crippen LogP contribution in [0.2, 0.25) is 5.02 Å². The second-order valence-corrected chi connectivity index (χ2v) is 6.33. The fraction of sp³-hybridized carbons (Fsp3) is 0.368. The van der Waals surface area contributed by atoms with Gasteiger partial charge in [0.2, 0.25) is 0 Å². The molecule has 0 aliphatic carbocycles. The molecule has 3 nitrogen and oxygen atoms in total. The summed E-state index contributed by atoms with van der Waals surface area (Å²) < 4.78 is 5.74. The largest absolute Gasteiger partial charge is 0.493 e. The summed E-state index contributed by atoms with van der Waals surface area (Å²) in [5, 5.41) is 7.60. The molecule has 4 heteroatoms. The quantitative estimate of drug-likeness (QED) is 0.660. The number of nitrogens with one attached hydrogen (secondary N) is 2. The summed E-state index contributed by atoms with van der Waals surface area (Å²) >= 11 is 6.13. The molecule has 2 aromatic rings. The highest BCUT2D eigenvalue weighted by atomic mass is 35.5. The molecule has 124 valence electrons. The molecule has 0 aliphatic rings. The monoisotopic (exact) mass is 332 g/mol. The molecule has 2 N–H and O–H groups in total. The smallest absolute Gasteiger partial charge is 0.121 e. The van der Waals surface area contributed by atoms with E-state index < -0.39 is 0 Å². The lowest BCUT2D eigenvalue weighted by atomic mass is 10.2. The van der Waals surface area contributed by atoms with E-state index in [9.17, 15) is 0 Å². The van der Waals surface area contributed by atoms with Crippen molar-refractivity contribution in [3.63, 3.8) is 0 Å². The summed E-state index contributed by atoms with van der Waals surface area (Å²) in [7, 11) is 0. The summed E-state index contributed by atoms with van der Waals surface area (Å²) in [5.74, 6) is 1.44. The molecule has 0 amide bonds. The van der Waals surface area contributed by atoms with E-state index in [1.807, 2.05) is 42.5 Å². The number of rotatable bonds is 9. The van der Waals surface area contributed by atoms with E-state index in [1.165, 1.54) is 0 Å². The number of benzene rings is 2. The van der Waals surface area contributed by atoms with Gasteiger partial charge in [-0.3, -0.25) is 0 Å². The minimum absolute atomic E-state index is 0.528. The van der Waals surface area contributed by atoms with Crippen LogP contribution in [0.4, 0.5) is 5.69 Å². The van der Waals surface area contributed by atoms with Gasteiger partial charge in [-0.25, -0.2) is 0 Å². The summed E-state index contributed by atoms with van der Waals surface area (Å²) in [6.45, 7) is 7.52. The van der Waals surface area contributed by atoms with E-state index in [1.54, 1.807) is 0 Å². The SMILES string of the molecule is CC(C)COc1cccc(NCCNCc2ccccc2Cl)c1. The number of anilines is 1. The van der Waals surface area contributed by atoms with Gasteiger partial charge >= 0.3 is 0 Å². The van der Waals surface area contributed by atoms with Gasteiger partial charge in [-0.1, -0.05) is 49.7 Å². The molecule has 0 radical (unpaired) electrons. The minimum Gasteiger partial charge on any atom is -0.493 e. The lowest BCUT2D eigenvalue weighted by Gasteiger charge is -2.12. The minimum atomic E-state index is 0.528. The van der Waals surface area contributed by atoms with Crippen molar-refractivity contribution >= 4 is 17.3 Å². The third-order valence-electron chi connectivity index (χ3n) is 3.32. The molecule has 0 bridgehead atoms. The van der Waals surface area contributed by atoms with Crippen LogP contribution in [-0.4, -0.2) is 19.7 Å². The number of hydrogen-bond donors (Lipinski definition) is 2. The summed E-state index contributed by atoms with van der Waals surface area (Å²) in [6.07, 6.45) is 0. The highest BCUT2D eigenvalue weighted by molar-refractivity contribution is 6.31. The first-order valence-corrected chi connectivity index (χ1v) is 8.44. The standard InChI is InChI=1S/C19H25ClN2O/c1-15(2)14-23-18-8-5-7-17(12-18)22-11-10-21-13-16-6-3-4-9-19(16)20/h3-9,12,15,21-22H,10-11,13-14H2,1-2H3. The molecule has 0 fully saturated rings. The first-order valence-electron chi connectivity index (χ1n) is 8.06. The lowest BCUT2D eigenvalue weighted by molar-refractivity contribution is 0.271. The first kappa shape index (κ1) is 17.6. The molecule has 0 saturated heterocycles. The zero-order valence-electron chi connectivity index (χ0n) is 13.8. The van der Waals surface area contributed by atoms with Crippen molar-refractivity contribution in [2.45, 2.75) is 20.4 Å². The zero-order valence-corrected chi connectivity index (χ0v) is 14.6. The van der Waals surface area contributed by atoms with Crippen LogP contribution in [-0.2, 0) is 6.54 Å². The van der Waals surface area contributed by atoms with Crippen LogP contribution < -0.4 is 15.4 Å². The molecule has 23 heavy (non-hydrogen) atoms. The Labute approximate surface area is 144 Å². The average molecular weight is 333 g/mol. The van der Waals surface area contributed by atoms with Crippen molar-refractivity contribution in [2.24, 2.45) is 5.92 Å². The summed E-state index contributed by atoms with van der Waals surface area (Å²) in [6, 6.07) is 16.0. The zero-order chi connectivity index (χ0) is 16.5. The van der Waals surface area contributed by atoms with Crippen molar-refractivity contribution in [3.05, 3.63) is 59.1 Å². The molecule has 2 aromatic carbocycles. The molecule has 0 spiro atoms. The van der Waals surface area contributed by atoms with Gasteiger partial charge < -0.3 is 15.4 Å². The van der Waals surface area contributed by atoms with Gasteiger partial charge in [0.1, 0.15) is 5.75 Å². The normalized spacial score (nSPS) is 10.8. The van der Waals surface area contributed by atoms with Gasteiger partial charge in [0, 0.05) is 36.4 Å². The Morgan fingerprint density at radius 3 is 2.65 bits per heavy atom. The van der Waals surface area contributed by atoms with Crippen LogP contribution in [0, 0.1) is 5.92 Å². The van der Waals surface area contributed by atoms with E-state index in [2.05, 4.69) is 30.5 Å². The van der Waals surface area contributed by atoms with Gasteiger partial charge in [-0.05, 0) is 29.7 Å². The third-order valence-corrected chi connectivity index (χ3v) is 3.69. The Bertz CT molecular complexity index is 601. The topological polar surface area (TPSA) is 33.3 Å². The molecule has 0 saturated carbocycles. The second-order valence-electron chi connectivity index (χ2n) is 5.93. The van der Waals surface area contributed by atoms with Crippen LogP contribution >= 0.6 is 11.6 Å². The Kier molecular flexibility index (Phi) is 7.24. The summed E-state index contributed by atoms with van der Waals surface area (Å²) in [5.41, 5.74) is 2.20. The van der Waals surface area contributed by atoms with Crippen molar-refractivity contribution < 1.29 is 4.74 Å². The van der Waals surface area contributed by atoms with E-state index in [0.29, 0.717) is 5.92 Å². The average Bonchev–Trinajstić information content (AvgIpc) is 2.55. The molecule has 0 heterocycles. The van der Waals surface area contributed by atoms with Gasteiger partial charge in [0.05, 0.1) is 6.61 Å². The van der Waals surface area contributed by atoms with Crippen LogP contribution in [0.15, 0.2) is 48.5 Å². The van der Waals surface area contributed by atoms with E-state index >= 15 is 0 Å². The number of hydrogen-bond acceptors (Lipinski definition) is 3. The molecular weight excluding hydrogens is 308 g/mol. The first-order chi connectivity index (χ1) is 11.1. The van der Waals surface area contributed by atoms with Gasteiger partial charge in [-0.2, -0.15) is 0 Å². The van der Waals surface area contributed by atoms with Crippen molar-refractivity contribution in [2.75, 3.05) is 25.0 Å². The fourth-order valence-electron chi connectivity index (χ4n) is 2.12. The second kappa shape index (κ2) is 9.43. The lowest BCUT2D eigenvalue weighted by Crippen LogP contribution is -2.21. The highest BCUT2D eigenvalue weighted by Gasteiger charge is 2.00. The maximum atomic E-state index is 6.13. The van der Waals surface area contributed by atoms with E-state index in [4.69, 9.17) is 16.3 Å². The number of halogens is 1. The Morgan fingerprint density at radius 2 is 1.87 bits per heavy atom. The Balaban J connectivity index is 1.70. The highest BCUT2D eigenvalue weighted by Crippen LogP contribution is 2.18. The summed E-state index contributed by atoms with van der Waals surface area (Å²) in [4.78, 5) is 0. The molecule has 0 aromatic heterocycles. The maximum absolute atomic E-state index is 6.13. The Hall–Kier alpha value is -1.71. The van der Waals surface area contributed by atoms with Gasteiger partial charge in [-0.15, -0.1) is 0 Å². The van der Waals surface area contributed by atoms with Crippen molar-refractivity contribution in [1.29, 1.82) is 0 Å². The van der Waals surface area contributed by atoms with Crippen LogP contribution in [0.25, 0.3) is 0 Å². The molecule has 0 aliphatic heterocycles. The van der Waals surface area contributed by atoms with Gasteiger partial charge in [0.15, 0.2) is 0 Å². The van der Waals surface area contributed by atoms with Crippen molar-refractivity contribution in [3.8, 4) is 5.75 Å². The van der Waals surface area contributed by atoms with E-state index in [0.717, 1.165) is 48.3 Å². The maximum Gasteiger partial charge on any atom is 0.121 e. The van der Waals surface area contributed by atoms with Crippen LogP contribution in [0.5, 0.6) is 5.75 Å². The number of ether oxygens (including phenoxy) is 1. The Morgan fingerprint density at radius 1 is 1.04 bits per heavy atom. The fourth-order valence-corrected chi connectivity index (χ4v) is 2.32. The molecule has 0 atom stereocenters. The predicted octanol–water partition coefficient (Wildman–Crippen LogP) is 4.58.